The Morgan fingerprint density at radius 3 is 2.30 bits per heavy atom. The largest absolute Gasteiger partial charge is 0.493 e. The topological polar surface area (TPSA) is 48.4 Å². The highest BCUT2D eigenvalue weighted by Gasteiger charge is 2.09. The molecule has 0 aliphatic carbocycles. The van der Waals surface area contributed by atoms with Crippen LogP contribution >= 0.6 is 0 Å². The number of carbonyl (C=O) groups excluding carboxylic acids is 1. The molecule has 0 aliphatic heterocycles. The molecule has 2 aromatic carbocycles. The van der Waals surface area contributed by atoms with E-state index in [1.165, 1.54) is 51.4 Å². The molecule has 0 aliphatic rings. The molecule has 0 bridgehead atoms. The lowest BCUT2D eigenvalue weighted by atomic mass is 10.1. The van der Waals surface area contributed by atoms with E-state index < -0.39 is 5.97 Å². The van der Waals surface area contributed by atoms with E-state index in [0.29, 0.717) is 23.7 Å². The molecule has 0 saturated heterocycles. The van der Waals surface area contributed by atoms with Crippen LogP contribution < -0.4 is 9.47 Å². The van der Waals surface area contributed by atoms with E-state index in [-0.39, 0.29) is 0 Å². The number of nitrogens with zero attached hydrogens (tertiary/aromatic N) is 1. The minimum absolute atomic E-state index is 0.360. The second-order valence-electron chi connectivity index (χ2n) is 9.66. The quantitative estimate of drug-likeness (QED) is 0.0853. The highest BCUT2D eigenvalue weighted by molar-refractivity contribution is 5.89. The second kappa shape index (κ2) is 15.7. The molecule has 0 atom stereocenters. The van der Waals surface area contributed by atoms with Gasteiger partial charge < -0.3 is 9.47 Å². The molecule has 1 aromatic heterocycles. The van der Waals surface area contributed by atoms with E-state index in [9.17, 15) is 4.79 Å². The first-order valence-electron chi connectivity index (χ1n) is 13.7. The first-order chi connectivity index (χ1) is 18.1. The van der Waals surface area contributed by atoms with Crippen molar-refractivity contribution in [1.29, 1.82) is 0 Å². The van der Waals surface area contributed by atoms with Crippen LogP contribution in [-0.4, -0.2) is 17.6 Å². The number of aromatic nitrogens is 1. The van der Waals surface area contributed by atoms with Gasteiger partial charge in [-0.15, -0.1) is 0 Å². The minimum atomic E-state index is -0.440. The first kappa shape index (κ1) is 28.2. The molecule has 4 nitrogen and oxygen atoms in total. The van der Waals surface area contributed by atoms with Gasteiger partial charge in [0.25, 0.3) is 0 Å². The van der Waals surface area contributed by atoms with E-state index in [1.54, 1.807) is 19.1 Å². The maximum atomic E-state index is 12.0. The van der Waals surface area contributed by atoms with Gasteiger partial charge in [0.15, 0.2) is 0 Å². The van der Waals surface area contributed by atoms with Gasteiger partial charge in [-0.1, -0.05) is 95.6 Å². The minimum Gasteiger partial charge on any atom is -0.493 e. The average Bonchev–Trinajstić information content (AvgIpc) is 2.91. The maximum Gasteiger partial charge on any atom is 0.338 e. The van der Waals surface area contributed by atoms with E-state index in [0.717, 1.165) is 35.0 Å². The van der Waals surface area contributed by atoms with Gasteiger partial charge in [0.2, 0.25) is 0 Å². The Kier molecular flexibility index (Phi) is 11.9. The number of esters is 1. The van der Waals surface area contributed by atoms with Crippen molar-refractivity contribution >= 4 is 29.0 Å². The summed E-state index contributed by atoms with van der Waals surface area (Å²) in [6.07, 6.45) is 16.8. The van der Waals surface area contributed by atoms with E-state index in [2.05, 4.69) is 25.6 Å². The Hall–Kier alpha value is -3.40. The second-order valence-corrected chi connectivity index (χ2v) is 9.66. The zero-order valence-electron chi connectivity index (χ0n) is 22.5. The number of hydrogen-bond acceptors (Lipinski definition) is 4. The van der Waals surface area contributed by atoms with Crippen LogP contribution in [0.5, 0.6) is 11.5 Å². The first-order valence-corrected chi connectivity index (χ1v) is 13.7. The molecule has 196 valence electrons. The van der Waals surface area contributed by atoms with Crippen molar-refractivity contribution < 1.29 is 14.3 Å². The van der Waals surface area contributed by atoms with Crippen LogP contribution in [0.3, 0.4) is 0 Å². The smallest absolute Gasteiger partial charge is 0.338 e. The third kappa shape index (κ3) is 9.87. The van der Waals surface area contributed by atoms with Gasteiger partial charge in [0.1, 0.15) is 11.5 Å². The summed E-state index contributed by atoms with van der Waals surface area (Å²) >= 11 is 0. The Bertz CT molecular complexity index is 1180. The number of unbranched alkanes of at least 4 members (excludes halogenated alkanes) is 9. The van der Waals surface area contributed by atoms with Gasteiger partial charge in [0.05, 0.1) is 17.8 Å². The summed E-state index contributed by atoms with van der Waals surface area (Å²) in [5.41, 5.74) is 3.11. The number of hydrogen-bond donors (Lipinski definition) is 0. The van der Waals surface area contributed by atoms with Gasteiger partial charge in [-0.05, 0) is 49.8 Å². The van der Waals surface area contributed by atoms with Gasteiger partial charge in [0, 0.05) is 22.6 Å². The molecule has 1 heterocycles. The van der Waals surface area contributed by atoms with Crippen molar-refractivity contribution in [2.45, 2.75) is 78.1 Å². The molecule has 3 aromatic rings. The summed E-state index contributed by atoms with van der Waals surface area (Å²) in [6, 6.07) is 17.6. The van der Waals surface area contributed by atoms with Crippen molar-refractivity contribution in [3.8, 4) is 11.5 Å². The molecule has 0 N–H and O–H groups in total. The molecular formula is C33H41NO3. The number of ether oxygens (including phenoxy) is 2. The number of carbonyl (C=O) groups is 1. The molecule has 0 radical (unpaired) electrons. The lowest BCUT2D eigenvalue weighted by Gasteiger charge is -2.12. The zero-order valence-corrected chi connectivity index (χ0v) is 22.5. The monoisotopic (exact) mass is 499 g/mol. The van der Waals surface area contributed by atoms with Crippen molar-refractivity contribution in [3.05, 3.63) is 78.0 Å². The Balaban J connectivity index is 1.58. The van der Waals surface area contributed by atoms with Crippen LogP contribution in [0.1, 0.15) is 89.3 Å². The Labute approximate surface area is 222 Å². The van der Waals surface area contributed by atoms with Crippen molar-refractivity contribution in [2.75, 3.05) is 6.61 Å². The summed E-state index contributed by atoms with van der Waals surface area (Å²) in [7, 11) is 0. The van der Waals surface area contributed by atoms with E-state index >= 15 is 0 Å². The molecule has 0 fully saturated rings. The summed E-state index contributed by atoms with van der Waals surface area (Å²) in [4.78, 5) is 16.7. The van der Waals surface area contributed by atoms with Crippen molar-refractivity contribution in [2.24, 2.45) is 0 Å². The lowest BCUT2D eigenvalue weighted by Crippen LogP contribution is -2.08. The third-order valence-corrected chi connectivity index (χ3v) is 6.35. The summed E-state index contributed by atoms with van der Waals surface area (Å²) in [5.74, 6) is 0.705. The Morgan fingerprint density at radius 1 is 0.865 bits per heavy atom. The summed E-state index contributed by atoms with van der Waals surface area (Å²) in [6.45, 7) is 8.19. The van der Waals surface area contributed by atoms with Crippen molar-refractivity contribution in [1.82, 2.24) is 4.98 Å². The van der Waals surface area contributed by atoms with Crippen LogP contribution in [0.2, 0.25) is 0 Å². The fraction of sp³-hybridized carbons (Fsp3) is 0.394. The van der Waals surface area contributed by atoms with Gasteiger partial charge in [-0.25, -0.2) is 9.78 Å². The number of rotatable bonds is 16. The molecule has 0 saturated carbocycles. The molecule has 0 amide bonds. The van der Waals surface area contributed by atoms with Crippen LogP contribution in [0.15, 0.2) is 66.7 Å². The predicted molar refractivity (Wildman–Crippen MR) is 155 cm³/mol. The number of pyridine rings is 1. The van der Waals surface area contributed by atoms with Gasteiger partial charge >= 0.3 is 5.97 Å². The van der Waals surface area contributed by atoms with Gasteiger partial charge in [-0.2, -0.15) is 0 Å². The number of benzene rings is 2. The fourth-order valence-corrected chi connectivity index (χ4v) is 4.16. The van der Waals surface area contributed by atoms with Crippen LogP contribution in [0.4, 0.5) is 0 Å². The third-order valence-electron chi connectivity index (χ3n) is 6.35. The standard InChI is InChI=1S/C33H41NO3/c1-4-5-6-7-8-9-10-11-12-15-24-36-32-25-30(37-33(35)26(2)3)23-20-28(32)19-22-29-21-18-27-16-13-14-17-31(27)34-29/h13-14,16-23,25H,2,4-12,15,24H2,1,3H3. The highest BCUT2D eigenvalue weighted by atomic mass is 16.5. The highest BCUT2D eigenvalue weighted by Crippen LogP contribution is 2.28. The van der Waals surface area contributed by atoms with Crippen LogP contribution in [0.25, 0.3) is 23.1 Å². The molecule has 0 spiro atoms. The summed E-state index contributed by atoms with van der Waals surface area (Å²) < 4.78 is 11.6. The van der Waals surface area contributed by atoms with Crippen molar-refractivity contribution in [3.63, 3.8) is 0 Å². The number of fused-ring (bicyclic) bond motifs is 1. The normalized spacial score (nSPS) is 11.2. The molecule has 4 heteroatoms. The zero-order chi connectivity index (χ0) is 26.3. The average molecular weight is 500 g/mol. The molecule has 0 unspecified atom stereocenters. The van der Waals surface area contributed by atoms with Crippen LogP contribution in [-0.2, 0) is 4.79 Å². The fourth-order valence-electron chi connectivity index (χ4n) is 4.16. The van der Waals surface area contributed by atoms with Crippen LogP contribution in [0, 0.1) is 0 Å². The molecular weight excluding hydrogens is 458 g/mol. The van der Waals surface area contributed by atoms with E-state index in [4.69, 9.17) is 14.5 Å². The summed E-state index contributed by atoms with van der Waals surface area (Å²) in [5, 5.41) is 1.11. The lowest BCUT2D eigenvalue weighted by molar-refractivity contribution is -0.130. The van der Waals surface area contributed by atoms with E-state index in [1.807, 2.05) is 42.5 Å². The molecule has 37 heavy (non-hydrogen) atoms. The number of para-hydroxylation sites is 1. The van der Waals surface area contributed by atoms with Gasteiger partial charge in [-0.3, -0.25) is 0 Å². The maximum absolute atomic E-state index is 12.0. The Morgan fingerprint density at radius 2 is 1.57 bits per heavy atom. The predicted octanol–water partition coefficient (Wildman–Crippen LogP) is 9.19. The molecule has 3 rings (SSSR count). The SMILES string of the molecule is C=C(C)C(=O)Oc1ccc(C=Cc2ccc3ccccc3n2)c(OCCCCCCCCCCCC)c1.